The molecule has 0 aromatic carbocycles. The predicted molar refractivity (Wildman–Crippen MR) is 54.9 cm³/mol. The molecule has 70 valence electrons. The van der Waals surface area contributed by atoms with Crippen LogP contribution in [0.15, 0.2) is 16.8 Å². The van der Waals surface area contributed by atoms with Crippen LogP contribution in [0.1, 0.15) is 12.0 Å². The van der Waals surface area contributed by atoms with Crippen LogP contribution in [-0.2, 0) is 6.54 Å². The van der Waals surface area contributed by atoms with Crippen LogP contribution in [0.3, 0.4) is 0 Å². The van der Waals surface area contributed by atoms with Gasteiger partial charge in [-0.15, -0.1) is 0 Å². The summed E-state index contributed by atoms with van der Waals surface area (Å²) in [5, 5.41) is 7.80. The molecule has 3 rings (SSSR count). The van der Waals surface area contributed by atoms with Crippen molar-refractivity contribution in [3.63, 3.8) is 0 Å². The van der Waals surface area contributed by atoms with Crippen LogP contribution < -0.4 is 5.32 Å². The predicted octanol–water partition coefficient (Wildman–Crippen LogP) is 1.30. The summed E-state index contributed by atoms with van der Waals surface area (Å²) in [5.74, 6) is 0. The van der Waals surface area contributed by atoms with E-state index in [2.05, 4.69) is 27.0 Å². The van der Waals surface area contributed by atoms with E-state index in [1.54, 1.807) is 11.3 Å². The molecule has 2 aliphatic heterocycles. The SMILES string of the molecule is c1cc(CN2CCC23CNC3)cs1. The first-order valence-electron chi connectivity index (χ1n) is 4.86. The van der Waals surface area contributed by atoms with Crippen LogP contribution >= 0.6 is 11.3 Å². The van der Waals surface area contributed by atoms with E-state index in [1.807, 2.05) is 0 Å². The van der Waals surface area contributed by atoms with Gasteiger partial charge in [-0.2, -0.15) is 11.3 Å². The topological polar surface area (TPSA) is 15.3 Å². The van der Waals surface area contributed by atoms with Gasteiger partial charge in [-0.1, -0.05) is 0 Å². The molecule has 2 aliphatic rings. The maximum atomic E-state index is 3.37. The van der Waals surface area contributed by atoms with Gasteiger partial charge in [0, 0.05) is 31.7 Å². The largest absolute Gasteiger partial charge is 0.313 e. The van der Waals surface area contributed by atoms with Gasteiger partial charge < -0.3 is 5.32 Å². The van der Waals surface area contributed by atoms with Crippen molar-refractivity contribution < 1.29 is 0 Å². The summed E-state index contributed by atoms with van der Waals surface area (Å²) in [6, 6.07) is 2.24. The molecule has 1 aromatic rings. The molecule has 2 saturated heterocycles. The Bertz CT molecular complexity index is 284. The summed E-state index contributed by atoms with van der Waals surface area (Å²) >= 11 is 1.80. The highest BCUT2D eigenvalue weighted by atomic mass is 32.1. The minimum absolute atomic E-state index is 0.557. The zero-order chi connectivity index (χ0) is 8.73. The lowest BCUT2D eigenvalue weighted by Gasteiger charge is -2.58. The van der Waals surface area contributed by atoms with Crippen molar-refractivity contribution in [2.75, 3.05) is 19.6 Å². The highest BCUT2D eigenvalue weighted by Crippen LogP contribution is 2.35. The lowest BCUT2D eigenvalue weighted by molar-refractivity contribution is -0.0594. The molecule has 0 bridgehead atoms. The standard InChI is InChI=1S/C10H14N2S/c1-4-13-6-9(1)5-12-3-2-10(12)7-11-8-10/h1,4,6,11H,2-3,5,7-8H2. The van der Waals surface area contributed by atoms with Crippen molar-refractivity contribution in [1.82, 2.24) is 10.2 Å². The van der Waals surface area contributed by atoms with Crippen LogP contribution in [0.2, 0.25) is 0 Å². The molecule has 13 heavy (non-hydrogen) atoms. The summed E-state index contributed by atoms with van der Waals surface area (Å²) in [4.78, 5) is 2.62. The average molecular weight is 194 g/mol. The van der Waals surface area contributed by atoms with Gasteiger partial charge in [0.25, 0.3) is 0 Å². The van der Waals surface area contributed by atoms with E-state index in [0.717, 1.165) is 6.54 Å². The van der Waals surface area contributed by atoms with Gasteiger partial charge in [-0.3, -0.25) is 4.90 Å². The van der Waals surface area contributed by atoms with Gasteiger partial charge in [0.2, 0.25) is 0 Å². The quantitative estimate of drug-likeness (QED) is 0.763. The molecule has 1 aromatic heterocycles. The maximum Gasteiger partial charge on any atom is 0.0473 e. The van der Waals surface area contributed by atoms with Crippen molar-refractivity contribution in [3.05, 3.63) is 22.4 Å². The first-order chi connectivity index (χ1) is 6.39. The molecule has 0 aliphatic carbocycles. The van der Waals surface area contributed by atoms with E-state index in [9.17, 15) is 0 Å². The van der Waals surface area contributed by atoms with E-state index >= 15 is 0 Å². The Morgan fingerprint density at radius 2 is 2.46 bits per heavy atom. The zero-order valence-electron chi connectivity index (χ0n) is 7.62. The fraction of sp³-hybridized carbons (Fsp3) is 0.600. The van der Waals surface area contributed by atoms with Crippen LogP contribution in [-0.4, -0.2) is 30.1 Å². The molecule has 2 nitrogen and oxygen atoms in total. The summed E-state index contributed by atoms with van der Waals surface area (Å²) < 4.78 is 0. The zero-order valence-corrected chi connectivity index (χ0v) is 8.44. The van der Waals surface area contributed by atoms with Crippen molar-refractivity contribution in [2.24, 2.45) is 0 Å². The number of nitrogens with zero attached hydrogens (tertiary/aromatic N) is 1. The Morgan fingerprint density at radius 1 is 1.54 bits per heavy atom. The van der Waals surface area contributed by atoms with Gasteiger partial charge in [0.1, 0.15) is 0 Å². The lowest BCUT2D eigenvalue weighted by Crippen LogP contribution is -2.75. The highest BCUT2D eigenvalue weighted by molar-refractivity contribution is 7.07. The number of thiophene rings is 1. The molecule has 0 atom stereocenters. The molecule has 0 radical (unpaired) electrons. The molecule has 1 N–H and O–H groups in total. The van der Waals surface area contributed by atoms with Crippen molar-refractivity contribution in [2.45, 2.75) is 18.5 Å². The van der Waals surface area contributed by atoms with Crippen LogP contribution in [0.4, 0.5) is 0 Å². The second kappa shape index (κ2) is 2.80. The molecule has 2 fully saturated rings. The third-order valence-electron chi connectivity index (χ3n) is 3.38. The first-order valence-corrected chi connectivity index (χ1v) is 5.80. The van der Waals surface area contributed by atoms with E-state index in [0.29, 0.717) is 5.54 Å². The Labute approximate surface area is 82.6 Å². The Kier molecular flexibility index (Phi) is 1.72. The summed E-state index contributed by atoms with van der Waals surface area (Å²) in [7, 11) is 0. The number of nitrogens with one attached hydrogen (secondary N) is 1. The maximum absolute atomic E-state index is 3.37. The Morgan fingerprint density at radius 3 is 2.92 bits per heavy atom. The van der Waals surface area contributed by atoms with Crippen molar-refractivity contribution in [1.29, 1.82) is 0 Å². The van der Waals surface area contributed by atoms with Gasteiger partial charge in [-0.25, -0.2) is 0 Å². The van der Waals surface area contributed by atoms with Crippen molar-refractivity contribution >= 4 is 11.3 Å². The number of hydrogen-bond donors (Lipinski definition) is 1. The minimum Gasteiger partial charge on any atom is -0.313 e. The summed E-state index contributed by atoms with van der Waals surface area (Å²) in [6.45, 7) is 4.86. The summed E-state index contributed by atoms with van der Waals surface area (Å²) in [5.41, 5.74) is 2.04. The highest BCUT2D eigenvalue weighted by Gasteiger charge is 2.48. The third kappa shape index (κ3) is 1.15. The monoisotopic (exact) mass is 194 g/mol. The van der Waals surface area contributed by atoms with Gasteiger partial charge in [0.05, 0.1) is 0 Å². The number of hydrogen-bond acceptors (Lipinski definition) is 3. The van der Waals surface area contributed by atoms with Gasteiger partial charge in [-0.05, 0) is 28.8 Å². The normalized spacial score (nSPS) is 25.5. The molecule has 0 saturated carbocycles. The Balaban J connectivity index is 1.67. The molecular formula is C10H14N2S. The fourth-order valence-corrected chi connectivity index (χ4v) is 2.91. The number of rotatable bonds is 2. The smallest absolute Gasteiger partial charge is 0.0473 e. The molecule has 3 heterocycles. The third-order valence-corrected chi connectivity index (χ3v) is 4.11. The van der Waals surface area contributed by atoms with Crippen LogP contribution in [0, 0.1) is 0 Å². The van der Waals surface area contributed by atoms with E-state index in [-0.39, 0.29) is 0 Å². The van der Waals surface area contributed by atoms with Crippen molar-refractivity contribution in [3.8, 4) is 0 Å². The van der Waals surface area contributed by atoms with Crippen LogP contribution in [0.5, 0.6) is 0 Å². The average Bonchev–Trinajstić information content (AvgIpc) is 2.47. The number of likely N-dealkylation sites (tertiary alicyclic amines) is 1. The molecule has 1 spiro atoms. The van der Waals surface area contributed by atoms with E-state index in [1.165, 1.54) is 31.6 Å². The summed E-state index contributed by atoms with van der Waals surface area (Å²) in [6.07, 6.45) is 1.39. The Hall–Kier alpha value is -0.380. The van der Waals surface area contributed by atoms with E-state index < -0.39 is 0 Å². The second-order valence-corrected chi connectivity index (χ2v) is 4.91. The fourth-order valence-electron chi connectivity index (χ4n) is 2.25. The van der Waals surface area contributed by atoms with Crippen LogP contribution in [0.25, 0.3) is 0 Å². The molecule has 3 heteroatoms. The molecule has 0 unspecified atom stereocenters. The first kappa shape index (κ1) is 7.97. The van der Waals surface area contributed by atoms with Gasteiger partial charge in [0.15, 0.2) is 0 Å². The minimum atomic E-state index is 0.557. The molecular weight excluding hydrogens is 180 g/mol. The lowest BCUT2D eigenvalue weighted by atomic mass is 9.79. The van der Waals surface area contributed by atoms with E-state index in [4.69, 9.17) is 0 Å². The second-order valence-electron chi connectivity index (χ2n) is 4.13. The van der Waals surface area contributed by atoms with Gasteiger partial charge >= 0.3 is 0 Å². The molecule has 0 amide bonds.